The fourth-order valence-corrected chi connectivity index (χ4v) is 1.69. The van der Waals surface area contributed by atoms with Crippen LogP contribution in [0.1, 0.15) is 42.1 Å². The summed E-state index contributed by atoms with van der Waals surface area (Å²) in [7, 11) is 0. The van der Waals surface area contributed by atoms with Crippen molar-refractivity contribution in [3.63, 3.8) is 0 Å². The molecular formula is C12H18N2O4. The number of nitrogens with zero attached hydrogens (tertiary/aromatic N) is 1. The van der Waals surface area contributed by atoms with E-state index in [4.69, 9.17) is 9.63 Å². The highest BCUT2D eigenvalue weighted by atomic mass is 16.5. The van der Waals surface area contributed by atoms with E-state index < -0.39 is 12.0 Å². The van der Waals surface area contributed by atoms with Gasteiger partial charge in [0.1, 0.15) is 11.3 Å². The Kier molecular flexibility index (Phi) is 4.47. The molecule has 0 aromatic carbocycles. The molecule has 0 radical (unpaired) electrons. The van der Waals surface area contributed by atoms with Crippen LogP contribution >= 0.6 is 0 Å². The number of nitrogens with one attached hydrogen (secondary N) is 1. The summed E-state index contributed by atoms with van der Waals surface area (Å²) in [5, 5.41) is 15.2. The number of aryl methyl sites for hydroxylation is 2. The Morgan fingerprint density at radius 2 is 2.00 bits per heavy atom. The molecule has 0 bridgehead atoms. The third kappa shape index (κ3) is 3.32. The fourth-order valence-electron chi connectivity index (χ4n) is 1.69. The molecule has 0 aliphatic rings. The van der Waals surface area contributed by atoms with E-state index in [-0.39, 0.29) is 18.2 Å². The van der Waals surface area contributed by atoms with E-state index in [1.54, 1.807) is 13.8 Å². The number of rotatable bonds is 5. The molecule has 1 atom stereocenters. The molecule has 0 fully saturated rings. The van der Waals surface area contributed by atoms with E-state index in [1.807, 2.05) is 13.8 Å². The van der Waals surface area contributed by atoms with Crippen LogP contribution in [0.15, 0.2) is 4.52 Å². The normalized spacial score (nSPS) is 12.5. The Labute approximate surface area is 105 Å². The van der Waals surface area contributed by atoms with Gasteiger partial charge in [0.25, 0.3) is 5.91 Å². The number of carbonyl (C=O) groups excluding carboxylic acids is 1. The van der Waals surface area contributed by atoms with Crippen molar-refractivity contribution in [3.8, 4) is 0 Å². The summed E-state index contributed by atoms with van der Waals surface area (Å²) in [6.45, 7) is 7.05. The summed E-state index contributed by atoms with van der Waals surface area (Å²) in [5.41, 5.74) is 0.883. The molecule has 100 valence electrons. The minimum atomic E-state index is -0.937. The predicted octanol–water partition coefficient (Wildman–Crippen LogP) is 1.52. The van der Waals surface area contributed by atoms with Gasteiger partial charge in [-0.3, -0.25) is 9.59 Å². The van der Waals surface area contributed by atoms with Crippen LogP contribution in [-0.2, 0) is 4.79 Å². The minimum absolute atomic E-state index is 0.0329. The molecule has 1 rings (SSSR count). The lowest BCUT2D eigenvalue weighted by atomic mass is 10.0. The number of carbonyl (C=O) groups is 2. The van der Waals surface area contributed by atoms with Crippen molar-refractivity contribution in [2.24, 2.45) is 5.92 Å². The summed E-state index contributed by atoms with van der Waals surface area (Å²) in [5.74, 6) is -0.813. The van der Waals surface area contributed by atoms with E-state index in [1.165, 1.54) is 0 Å². The smallest absolute Gasteiger partial charge is 0.305 e. The molecule has 0 saturated carbocycles. The quantitative estimate of drug-likeness (QED) is 0.831. The van der Waals surface area contributed by atoms with Gasteiger partial charge in [-0.2, -0.15) is 0 Å². The fraction of sp³-hybridized carbons (Fsp3) is 0.583. The van der Waals surface area contributed by atoms with Gasteiger partial charge in [0.15, 0.2) is 0 Å². The zero-order valence-corrected chi connectivity index (χ0v) is 11.0. The summed E-state index contributed by atoms with van der Waals surface area (Å²) in [6, 6.07) is -0.413. The second-order valence-electron chi connectivity index (χ2n) is 4.62. The van der Waals surface area contributed by atoms with Crippen molar-refractivity contribution in [2.75, 3.05) is 0 Å². The Morgan fingerprint density at radius 3 is 2.39 bits per heavy atom. The highest BCUT2D eigenvalue weighted by Gasteiger charge is 2.23. The van der Waals surface area contributed by atoms with Crippen LogP contribution < -0.4 is 5.32 Å². The highest BCUT2D eigenvalue weighted by molar-refractivity contribution is 5.96. The predicted molar refractivity (Wildman–Crippen MR) is 64.3 cm³/mol. The molecular weight excluding hydrogens is 236 g/mol. The molecule has 2 N–H and O–H groups in total. The second kappa shape index (κ2) is 5.66. The summed E-state index contributed by atoms with van der Waals surface area (Å²) in [6.07, 6.45) is -0.104. The van der Waals surface area contributed by atoms with Crippen LogP contribution in [0.3, 0.4) is 0 Å². The number of aliphatic carboxylic acids is 1. The lowest BCUT2D eigenvalue weighted by Gasteiger charge is -2.20. The Morgan fingerprint density at radius 1 is 1.39 bits per heavy atom. The highest BCUT2D eigenvalue weighted by Crippen LogP contribution is 2.14. The first-order valence-electron chi connectivity index (χ1n) is 5.78. The number of amides is 1. The minimum Gasteiger partial charge on any atom is -0.481 e. The summed E-state index contributed by atoms with van der Waals surface area (Å²) in [4.78, 5) is 22.8. The summed E-state index contributed by atoms with van der Waals surface area (Å²) < 4.78 is 4.91. The molecule has 1 heterocycles. The average molecular weight is 254 g/mol. The van der Waals surface area contributed by atoms with Crippen LogP contribution in [0.25, 0.3) is 0 Å². The molecule has 0 aliphatic heterocycles. The van der Waals surface area contributed by atoms with E-state index in [0.717, 1.165) is 0 Å². The Hall–Kier alpha value is -1.85. The van der Waals surface area contributed by atoms with E-state index >= 15 is 0 Å². The largest absolute Gasteiger partial charge is 0.481 e. The van der Waals surface area contributed by atoms with Crippen LogP contribution in [0.5, 0.6) is 0 Å². The number of carboxylic acids is 1. The zero-order valence-electron chi connectivity index (χ0n) is 11.0. The van der Waals surface area contributed by atoms with Crippen molar-refractivity contribution >= 4 is 11.9 Å². The molecule has 0 spiro atoms. The monoisotopic (exact) mass is 254 g/mol. The molecule has 6 heteroatoms. The van der Waals surface area contributed by atoms with Gasteiger partial charge in [-0.1, -0.05) is 19.0 Å². The van der Waals surface area contributed by atoms with E-state index in [9.17, 15) is 9.59 Å². The molecule has 1 amide bonds. The van der Waals surface area contributed by atoms with Crippen LogP contribution in [-0.4, -0.2) is 28.2 Å². The van der Waals surface area contributed by atoms with Crippen molar-refractivity contribution in [1.29, 1.82) is 0 Å². The maximum Gasteiger partial charge on any atom is 0.305 e. The first-order valence-corrected chi connectivity index (χ1v) is 5.78. The Bertz CT molecular complexity index is 431. The molecule has 1 unspecified atom stereocenters. The van der Waals surface area contributed by atoms with Crippen molar-refractivity contribution in [3.05, 3.63) is 17.0 Å². The van der Waals surface area contributed by atoms with E-state index in [0.29, 0.717) is 17.0 Å². The van der Waals surface area contributed by atoms with Crippen LogP contribution in [0.4, 0.5) is 0 Å². The van der Waals surface area contributed by atoms with Gasteiger partial charge in [-0.15, -0.1) is 0 Å². The molecule has 1 aromatic heterocycles. The van der Waals surface area contributed by atoms with Crippen LogP contribution in [0, 0.1) is 19.8 Å². The molecule has 6 nitrogen and oxygen atoms in total. The molecule has 0 aliphatic carbocycles. The topological polar surface area (TPSA) is 92.4 Å². The first-order chi connectivity index (χ1) is 8.32. The van der Waals surface area contributed by atoms with Gasteiger partial charge in [0.2, 0.25) is 0 Å². The zero-order chi connectivity index (χ0) is 13.9. The summed E-state index contributed by atoms with van der Waals surface area (Å²) >= 11 is 0. The van der Waals surface area contributed by atoms with Gasteiger partial charge in [-0.25, -0.2) is 0 Å². The number of carboxylic acid groups (broad SMARTS) is 1. The van der Waals surface area contributed by atoms with Gasteiger partial charge < -0.3 is 14.9 Å². The average Bonchev–Trinajstić information content (AvgIpc) is 2.56. The number of aromatic nitrogens is 1. The van der Waals surface area contributed by atoms with Gasteiger partial charge in [-0.05, 0) is 19.8 Å². The number of hydrogen-bond donors (Lipinski definition) is 2. The SMILES string of the molecule is Cc1noc(C)c1C(=O)NC(CC(=O)O)C(C)C. The van der Waals surface area contributed by atoms with Gasteiger partial charge >= 0.3 is 5.97 Å². The third-order valence-electron chi connectivity index (χ3n) is 2.78. The van der Waals surface area contributed by atoms with Crippen molar-refractivity contribution in [1.82, 2.24) is 10.5 Å². The molecule has 18 heavy (non-hydrogen) atoms. The standard InChI is InChI=1S/C12H18N2O4/c1-6(2)9(5-10(15)16)13-12(17)11-7(3)14-18-8(11)4/h6,9H,5H2,1-4H3,(H,13,17)(H,15,16). The molecule has 1 aromatic rings. The first kappa shape index (κ1) is 14.2. The Balaban J connectivity index is 2.82. The maximum atomic E-state index is 12.0. The maximum absolute atomic E-state index is 12.0. The van der Waals surface area contributed by atoms with Crippen molar-refractivity contribution < 1.29 is 19.2 Å². The van der Waals surface area contributed by atoms with Crippen molar-refractivity contribution in [2.45, 2.75) is 40.2 Å². The van der Waals surface area contributed by atoms with Gasteiger partial charge in [0, 0.05) is 6.04 Å². The lowest BCUT2D eigenvalue weighted by molar-refractivity contribution is -0.137. The van der Waals surface area contributed by atoms with Crippen LogP contribution in [0.2, 0.25) is 0 Å². The molecule has 0 saturated heterocycles. The number of hydrogen-bond acceptors (Lipinski definition) is 4. The third-order valence-corrected chi connectivity index (χ3v) is 2.78. The van der Waals surface area contributed by atoms with E-state index in [2.05, 4.69) is 10.5 Å². The van der Waals surface area contributed by atoms with Gasteiger partial charge in [0.05, 0.1) is 12.1 Å². The second-order valence-corrected chi connectivity index (χ2v) is 4.62. The lowest BCUT2D eigenvalue weighted by Crippen LogP contribution is -2.40.